The fourth-order valence-electron chi connectivity index (χ4n) is 0.806. The molecule has 0 aliphatic rings. The Morgan fingerprint density at radius 3 is 2.50 bits per heavy atom. The van der Waals surface area contributed by atoms with Crippen molar-refractivity contribution < 1.29 is 13.2 Å². The van der Waals surface area contributed by atoms with Crippen molar-refractivity contribution in [3.05, 3.63) is 0 Å². The van der Waals surface area contributed by atoms with Crippen molar-refractivity contribution in [1.29, 1.82) is 0 Å². The standard InChI is InChI=1S/C8H18N2O3S/c1-7(9)3-5-10-8(11)4-6-14(2,12)13/h7H,3-6,9H2,1-2H3,(H,10,11). The van der Waals surface area contributed by atoms with E-state index in [2.05, 4.69) is 5.32 Å². The third kappa shape index (κ3) is 9.47. The summed E-state index contributed by atoms with van der Waals surface area (Å²) in [5.74, 6) is -0.340. The lowest BCUT2D eigenvalue weighted by Crippen LogP contribution is -2.29. The summed E-state index contributed by atoms with van der Waals surface area (Å²) in [7, 11) is -3.05. The Morgan fingerprint density at radius 1 is 1.50 bits per heavy atom. The molecular weight excluding hydrogens is 204 g/mol. The summed E-state index contributed by atoms with van der Waals surface area (Å²) in [5.41, 5.74) is 5.47. The second-order valence-electron chi connectivity index (χ2n) is 3.50. The van der Waals surface area contributed by atoms with Crippen molar-refractivity contribution in [1.82, 2.24) is 5.32 Å². The van der Waals surface area contributed by atoms with E-state index in [9.17, 15) is 13.2 Å². The molecule has 0 heterocycles. The lowest BCUT2D eigenvalue weighted by molar-refractivity contribution is -0.120. The molecule has 3 N–H and O–H groups in total. The van der Waals surface area contributed by atoms with Crippen LogP contribution < -0.4 is 11.1 Å². The SMILES string of the molecule is CC(N)CCNC(=O)CCS(C)(=O)=O. The van der Waals surface area contributed by atoms with E-state index in [0.717, 1.165) is 6.26 Å². The van der Waals surface area contributed by atoms with E-state index in [1.165, 1.54) is 0 Å². The minimum atomic E-state index is -3.05. The summed E-state index contributed by atoms with van der Waals surface area (Å²) in [6.45, 7) is 2.35. The van der Waals surface area contributed by atoms with Crippen LogP contribution in [0, 0.1) is 0 Å². The molecule has 0 radical (unpaired) electrons. The van der Waals surface area contributed by atoms with Gasteiger partial charge in [-0.2, -0.15) is 0 Å². The molecule has 0 fully saturated rings. The molecule has 0 saturated carbocycles. The van der Waals surface area contributed by atoms with E-state index in [-0.39, 0.29) is 24.1 Å². The van der Waals surface area contributed by atoms with E-state index in [1.807, 2.05) is 6.92 Å². The van der Waals surface area contributed by atoms with Gasteiger partial charge in [-0.15, -0.1) is 0 Å². The number of hydrogen-bond acceptors (Lipinski definition) is 4. The quantitative estimate of drug-likeness (QED) is 0.620. The minimum absolute atomic E-state index is 0.0256. The molecule has 0 saturated heterocycles. The Balaban J connectivity index is 3.57. The van der Waals surface area contributed by atoms with Crippen LogP contribution in [0.2, 0.25) is 0 Å². The Kier molecular flexibility index (Phi) is 5.71. The first-order chi connectivity index (χ1) is 6.31. The molecular formula is C8H18N2O3S. The van der Waals surface area contributed by atoms with Crippen molar-refractivity contribution >= 4 is 15.7 Å². The molecule has 1 atom stereocenters. The van der Waals surface area contributed by atoms with Gasteiger partial charge in [0.1, 0.15) is 9.84 Å². The van der Waals surface area contributed by atoms with Crippen molar-refractivity contribution in [2.45, 2.75) is 25.8 Å². The smallest absolute Gasteiger partial charge is 0.221 e. The Morgan fingerprint density at radius 2 is 2.07 bits per heavy atom. The van der Waals surface area contributed by atoms with E-state index in [4.69, 9.17) is 5.73 Å². The van der Waals surface area contributed by atoms with E-state index in [1.54, 1.807) is 0 Å². The summed E-state index contributed by atoms with van der Waals surface area (Å²) in [6, 6.07) is 0.0465. The maximum absolute atomic E-state index is 11.1. The molecule has 5 nitrogen and oxygen atoms in total. The van der Waals surface area contributed by atoms with Crippen LogP contribution in [-0.4, -0.2) is 38.9 Å². The number of sulfone groups is 1. The number of nitrogens with two attached hydrogens (primary N) is 1. The molecule has 0 spiro atoms. The highest BCUT2D eigenvalue weighted by atomic mass is 32.2. The maximum atomic E-state index is 11.1. The maximum Gasteiger partial charge on any atom is 0.221 e. The molecule has 14 heavy (non-hydrogen) atoms. The number of carbonyl (C=O) groups is 1. The van der Waals surface area contributed by atoms with E-state index < -0.39 is 9.84 Å². The van der Waals surface area contributed by atoms with Crippen LogP contribution in [0.25, 0.3) is 0 Å². The van der Waals surface area contributed by atoms with Gasteiger partial charge >= 0.3 is 0 Å². The summed E-state index contributed by atoms with van der Waals surface area (Å²) in [5, 5.41) is 2.60. The fraction of sp³-hybridized carbons (Fsp3) is 0.875. The number of amides is 1. The summed E-state index contributed by atoms with van der Waals surface area (Å²) in [4.78, 5) is 11.1. The number of carbonyl (C=O) groups excluding carboxylic acids is 1. The van der Waals surface area contributed by atoms with Crippen LogP contribution in [0.4, 0.5) is 0 Å². The van der Waals surface area contributed by atoms with Crippen molar-refractivity contribution in [2.24, 2.45) is 5.73 Å². The van der Waals surface area contributed by atoms with Gasteiger partial charge in [-0.05, 0) is 13.3 Å². The third-order valence-electron chi connectivity index (χ3n) is 1.62. The van der Waals surface area contributed by atoms with Gasteiger partial charge in [0.15, 0.2) is 0 Å². The average Bonchev–Trinajstić information content (AvgIpc) is 1.99. The largest absolute Gasteiger partial charge is 0.356 e. The predicted molar refractivity (Wildman–Crippen MR) is 55.6 cm³/mol. The zero-order chi connectivity index (χ0) is 11.2. The molecule has 1 amide bonds. The highest BCUT2D eigenvalue weighted by Gasteiger charge is 2.07. The molecule has 0 aliphatic carbocycles. The molecule has 84 valence electrons. The molecule has 1 unspecified atom stereocenters. The second-order valence-corrected chi connectivity index (χ2v) is 5.76. The van der Waals surface area contributed by atoms with Crippen LogP contribution in [-0.2, 0) is 14.6 Å². The average molecular weight is 222 g/mol. The van der Waals surface area contributed by atoms with Crippen LogP contribution in [0.1, 0.15) is 19.8 Å². The first-order valence-corrected chi connectivity index (χ1v) is 6.57. The van der Waals surface area contributed by atoms with Crippen LogP contribution >= 0.6 is 0 Å². The molecule has 0 aliphatic heterocycles. The number of rotatable bonds is 6. The fourth-order valence-corrected chi connectivity index (χ4v) is 1.36. The van der Waals surface area contributed by atoms with Gasteiger partial charge in [0, 0.05) is 25.3 Å². The highest BCUT2D eigenvalue weighted by Crippen LogP contribution is 1.89. The second kappa shape index (κ2) is 5.98. The van der Waals surface area contributed by atoms with Gasteiger partial charge in [0.25, 0.3) is 0 Å². The molecule has 0 aromatic carbocycles. The first-order valence-electron chi connectivity index (χ1n) is 4.51. The lowest BCUT2D eigenvalue weighted by Gasteiger charge is -2.06. The highest BCUT2D eigenvalue weighted by molar-refractivity contribution is 7.90. The Bertz CT molecular complexity index is 272. The summed E-state index contributed by atoms with van der Waals surface area (Å²) >= 11 is 0. The molecule has 0 aromatic rings. The summed E-state index contributed by atoms with van der Waals surface area (Å²) < 4.78 is 21.4. The Hall–Kier alpha value is -0.620. The monoisotopic (exact) mass is 222 g/mol. The lowest BCUT2D eigenvalue weighted by atomic mass is 10.2. The zero-order valence-electron chi connectivity index (χ0n) is 8.62. The topological polar surface area (TPSA) is 89.3 Å². The number of nitrogens with one attached hydrogen (secondary N) is 1. The van der Waals surface area contributed by atoms with Gasteiger partial charge in [-0.1, -0.05) is 0 Å². The van der Waals surface area contributed by atoms with Gasteiger partial charge in [-0.25, -0.2) is 8.42 Å². The number of hydrogen-bond donors (Lipinski definition) is 2. The van der Waals surface area contributed by atoms with Gasteiger partial charge in [-0.3, -0.25) is 4.79 Å². The van der Waals surface area contributed by atoms with E-state index in [0.29, 0.717) is 13.0 Å². The Labute approximate surface area is 85.0 Å². The van der Waals surface area contributed by atoms with Crippen molar-refractivity contribution in [3.63, 3.8) is 0 Å². The first kappa shape index (κ1) is 13.4. The normalized spacial score (nSPS) is 13.6. The van der Waals surface area contributed by atoms with Gasteiger partial charge in [0.05, 0.1) is 5.75 Å². The molecule has 0 bridgehead atoms. The van der Waals surface area contributed by atoms with Gasteiger partial charge < -0.3 is 11.1 Å². The summed E-state index contributed by atoms with van der Waals surface area (Å²) in [6.07, 6.45) is 1.84. The minimum Gasteiger partial charge on any atom is -0.356 e. The van der Waals surface area contributed by atoms with Gasteiger partial charge in [0.2, 0.25) is 5.91 Å². The molecule has 0 rings (SSSR count). The molecule has 0 aromatic heterocycles. The van der Waals surface area contributed by atoms with Crippen LogP contribution in [0.3, 0.4) is 0 Å². The van der Waals surface area contributed by atoms with Crippen molar-refractivity contribution in [2.75, 3.05) is 18.6 Å². The predicted octanol–water partition coefficient (Wildman–Crippen LogP) is -0.725. The van der Waals surface area contributed by atoms with Crippen LogP contribution in [0.15, 0.2) is 0 Å². The van der Waals surface area contributed by atoms with Crippen LogP contribution in [0.5, 0.6) is 0 Å². The van der Waals surface area contributed by atoms with E-state index >= 15 is 0 Å². The third-order valence-corrected chi connectivity index (χ3v) is 2.57. The zero-order valence-corrected chi connectivity index (χ0v) is 9.43. The molecule has 6 heteroatoms. The van der Waals surface area contributed by atoms with Crippen molar-refractivity contribution in [3.8, 4) is 0 Å².